The van der Waals surface area contributed by atoms with Gasteiger partial charge in [0.1, 0.15) is 23.2 Å². The Hall–Kier alpha value is -3.10. The molecule has 0 spiro atoms. The van der Waals surface area contributed by atoms with Crippen LogP contribution >= 0.6 is 11.8 Å². The highest BCUT2D eigenvalue weighted by molar-refractivity contribution is 8.15. The summed E-state index contributed by atoms with van der Waals surface area (Å²) < 4.78 is 42.7. The van der Waals surface area contributed by atoms with E-state index in [0.29, 0.717) is 17.5 Å². The number of furan rings is 1. The van der Waals surface area contributed by atoms with Crippen LogP contribution in [0.25, 0.3) is 0 Å². The fourth-order valence-electron chi connectivity index (χ4n) is 3.55. The molecular formula is C21H19FN4O4S2. The number of carbonyl (C=O) groups is 1. The second-order valence-corrected chi connectivity index (χ2v) is 10.7. The third kappa shape index (κ3) is 5.03. The van der Waals surface area contributed by atoms with Gasteiger partial charge in [0.05, 0.1) is 36.6 Å². The number of hydrogen-bond donors (Lipinski definition) is 1. The number of nitriles is 1. The zero-order chi connectivity index (χ0) is 22.7. The summed E-state index contributed by atoms with van der Waals surface area (Å²) in [7, 11) is -3.16. The third-order valence-corrected chi connectivity index (χ3v) is 8.38. The largest absolute Gasteiger partial charge is 0.467 e. The molecule has 2 aliphatic heterocycles. The van der Waals surface area contributed by atoms with Gasteiger partial charge in [0.2, 0.25) is 0 Å². The predicted molar refractivity (Wildman–Crippen MR) is 117 cm³/mol. The van der Waals surface area contributed by atoms with Crippen LogP contribution < -0.4 is 5.32 Å². The SMILES string of the molecule is N#C/C(=C\N=C1S[C@@H]2CS(=O)(=O)C[C@@H]2N1Cc1ccc(F)cc1)C(=O)NCc1ccco1. The van der Waals surface area contributed by atoms with Gasteiger partial charge in [-0.15, -0.1) is 0 Å². The van der Waals surface area contributed by atoms with Crippen LogP contribution in [0.1, 0.15) is 11.3 Å². The minimum Gasteiger partial charge on any atom is -0.467 e. The van der Waals surface area contributed by atoms with Gasteiger partial charge >= 0.3 is 0 Å². The van der Waals surface area contributed by atoms with Gasteiger partial charge in [0.15, 0.2) is 15.0 Å². The maximum atomic E-state index is 13.3. The lowest BCUT2D eigenvalue weighted by Crippen LogP contribution is -2.36. The topological polar surface area (TPSA) is 116 Å². The van der Waals surface area contributed by atoms with Crippen LogP contribution in [0.2, 0.25) is 0 Å². The van der Waals surface area contributed by atoms with Gasteiger partial charge in [-0.1, -0.05) is 23.9 Å². The second-order valence-electron chi connectivity index (χ2n) is 7.38. The molecule has 0 bridgehead atoms. The maximum Gasteiger partial charge on any atom is 0.263 e. The lowest BCUT2D eigenvalue weighted by molar-refractivity contribution is -0.117. The van der Waals surface area contributed by atoms with Crippen molar-refractivity contribution >= 4 is 32.7 Å². The Balaban J connectivity index is 1.54. The molecule has 166 valence electrons. The summed E-state index contributed by atoms with van der Waals surface area (Å²) in [5.74, 6) is -0.359. The van der Waals surface area contributed by atoms with Crippen molar-refractivity contribution in [1.82, 2.24) is 10.2 Å². The first kappa shape index (κ1) is 22.1. The Bertz CT molecular complexity index is 1200. The van der Waals surface area contributed by atoms with E-state index in [2.05, 4.69) is 10.3 Å². The van der Waals surface area contributed by atoms with Gasteiger partial charge < -0.3 is 14.6 Å². The zero-order valence-corrected chi connectivity index (χ0v) is 18.4. The molecule has 11 heteroatoms. The summed E-state index contributed by atoms with van der Waals surface area (Å²) in [4.78, 5) is 18.5. The van der Waals surface area contributed by atoms with E-state index in [1.54, 1.807) is 24.3 Å². The second kappa shape index (κ2) is 9.18. The van der Waals surface area contributed by atoms with Gasteiger partial charge in [-0.3, -0.25) is 4.79 Å². The highest BCUT2D eigenvalue weighted by Gasteiger charge is 2.48. The summed E-state index contributed by atoms with van der Waals surface area (Å²) in [6.45, 7) is 0.470. The molecule has 2 atom stereocenters. The molecule has 4 rings (SSSR count). The number of fused-ring (bicyclic) bond motifs is 1. The number of nitrogens with zero attached hydrogens (tertiary/aromatic N) is 3. The van der Waals surface area contributed by atoms with Gasteiger partial charge in [0, 0.05) is 11.8 Å². The van der Waals surface area contributed by atoms with Gasteiger partial charge in [-0.25, -0.2) is 17.8 Å². The lowest BCUT2D eigenvalue weighted by atomic mass is 10.1. The molecule has 32 heavy (non-hydrogen) atoms. The lowest BCUT2D eigenvalue weighted by Gasteiger charge is -2.24. The molecular weight excluding hydrogens is 455 g/mol. The highest BCUT2D eigenvalue weighted by Crippen LogP contribution is 2.39. The van der Waals surface area contributed by atoms with Crippen molar-refractivity contribution in [1.29, 1.82) is 5.26 Å². The number of amidine groups is 1. The minimum atomic E-state index is -3.16. The Morgan fingerprint density at radius 3 is 2.81 bits per heavy atom. The van der Waals surface area contributed by atoms with Gasteiger partial charge in [-0.05, 0) is 29.8 Å². The molecule has 1 amide bonds. The monoisotopic (exact) mass is 474 g/mol. The third-order valence-electron chi connectivity index (χ3n) is 5.11. The Kier molecular flexibility index (Phi) is 6.34. The van der Waals surface area contributed by atoms with Crippen LogP contribution in [0.4, 0.5) is 4.39 Å². The van der Waals surface area contributed by atoms with Crippen molar-refractivity contribution in [3.63, 3.8) is 0 Å². The van der Waals surface area contributed by atoms with Crippen molar-refractivity contribution in [2.24, 2.45) is 4.99 Å². The normalized spacial score (nSPS) is 23.2. The van der Waals surface area contributed by atoms with E-state index in [0.717, 1.165) is 5.56 Å². The molecule has 2 fully saturated rings. The van der Waals surface area contributed by atoms with Crippen LogP contribution in [0, 0.1) is 17.1 Å². The number of thioether (sulfide) groups is 1. The summed E-state index contributed by atoms with van der Waals surface area (Å²) in [5, 5.41) is 12.3. The number of aliphatic imine (C=N–C) groups is 1. The van der Waals surface area contributed by atoms with E-state index < -0.39 is 15.7 Å². The molecule has 2 aromatic rings. The fraction of sp³-hybridized carbons (Fsp3) is 0.286. The number of amides is 1. The van der Waals surface area contributed by atoms with Gasteiger partial charge in [0.25, 0.3) is 5.91 Å². The molecule has 0 unspecified atom stereocenters. The van der Waals surface area contributed by atoms with Crippen molar-refractivity contribution in [2.45, 2.75) is 24.4 Å². The summed E-state index contributed by atoms with van der Waals surface area (Å²) in [6.07, 6.45) is 2.67. The maximum absolute atomic E-state index is 13.3. The number of hydrogen-bond acceptors (Lipinski definition) is 7. The predicted octanol–water partition coefficient (Wildman–Crippen LogP) is 2.21. The number of carbonyl (C=O) groups excluding carboxylic acids is 1. The van der Waals surface area contributed by atoms with Gasteiger partial charge in [-0.2, -0.15) is 5.26 Å². The summed E-state index contributed by atoms with van der Waals surface area (Å²) >= 11 is 1.31. The Labute approximate surface area is 188 Å². The average molecular weight is 475 g/mol. The molecule has 8 nitrogen and oxygen atoms in total. The number of rotatable bonds is 6. The summed E-state index contributed by atoms with van der Waals surface area (Å²) in [5.41, 5.74) is 0.612. The molecule has 0 saturated carbocycles. The van der Waals surface area contributed by atoms with Crippen LogP contribution in [0.3, 0.4) is 0 Å². The van der Waals surface area contributed by atoms with Crippen LogP contribution in [0.5, 0.6) is 0 Å². The molecule has 0 radical (unpaired) electrons. The minimum absolute atomic E-state index is 0.00331. The number of nitrogens with one attached hydrogen (secondary N) is 1. The molecule has 1 aromatic heterocycles. The number of sulfone groups is 1. The standard InChI is InChI=1S/C21H19FN4O4S2/c22-16-5-3-14(4-6-16)11-26-18-12-32(28,29)13-19(18)31-21(26)25-9-15(8-23)20(27)24-10-17-2-1-7-30-17/h1-7,9,18-19H,10-13H2,(H,24,27)/b15-9+,25-21?/t18-,19+/m0/s1. The highest BCUT2D eigenvalue weighted by atomic mass is 32.2. The first-order valence-electron chi connectivity index (χ1n) is 9.71. The van der Waals surface area contributed by atoms with Crippen molar-refractivity contribution in [3.05, 3.63) is 71.6 Å². The van der Waals surface area contributed by atoms with E-state index in [9.17, 15) is 22.9 Å². The van der Waals surface area contributed by atoms with E-state index in [4.69, 9.17) is 4.42 Å². The van der Waals surface area contributed by atoms with Crippen molar-refractivity contribution in [2.75, 3.05) is 11.5 Å². The number of halogens is 1. The molecule has 1 aromatic carbocycles. The molecule has 0 aliphatic carbocycles. The van der Waals surface area contributed by atoms with Crippen LogP contribution in [0.15, 0.2) is 63.8 Å². The van der Waals surface area contributed by atoms with Crippen molar-refractivity contribution in [3.8, 4) is 6.07 Å². The Morgan fingerprint density at radius 1 is 1.34 bits per heavy atom. The molecule has 2 saturated heterocycles. The van der Waals surface area contributed by atoms with E-state index in [1.165, 1.54) is 36.4 Å². The zero-order valence-electron chi connectivity index (χ0n) is 16.8. The van der Waals surface area contributed by atoms with Crippen LogP contribution in [-0.2, 0) is 27.7 Å². The van der Waals surface area contributed by atoms with Crippen molar-refractivity contribution < 1.29 is 22.0 Å². The Morgan fingerprint density at radius 2 is 2.12 bits per heavy atom. The first-order chi connectivity index (χ1) is 15.3. The quantitative estimate of drug-likeness (QED) is 0.504. The molecule has 1 N–H and O–H groups in total. The number of benzene rings is 1. The average Bonchev–Trinajstić information content (AvgIpc) is 3.45. The van der Waals surface area contributed by atoms with E-state index in [1.807, 2.05) is 11.0 Å². The van der Waals surface area contributed by atoms with E-state index in [-0.39, 0.29) is 40.7 Å². The summed E-state index contributed by atoms with van der Waals surface area (Å²) in [6, 6.07) is 10.9. The van der Waals surface area contributed by atoms with E-state index >= 15 is 0 Å². The smallest absolute Gasteiger partial charge is 0.263 e. The molecule has 3 heterocycles. The first-order valence-corrected chi connectivity index (χ1v) is 12.4. The molecule has 2 aliphatic rings. The van der Waals surface area contributed by atoms with Crippen LogP contribution in [-0.4, -0.2) is 47.2 Å². The fourth-order valence-corrected chi connectivity index (χ4v) is 7.48.